The molecule has 2 aliphatic heterocycles. The largest absolute Gasteiger partial charge is 0.490 e. The average Bonchev–Trinajstić information content (AvgIpc) is 2.82. The zero-order valence-corrected chi connectivity index (χ0v) is 22.0. The zero-order valence-electron chi connectivity index (χ0n) is 21.2. The summed E-state index contributed by atoms with van der Waals surface area (Å²) in [5, 5.41) is 7.14. The molecule has 2 heterocycles. The van der Waals surface area contributed by atoms with E-state index in [0.29, 0.717) is 23.2 Å². The van der Waals surface area contributed by atoms with Crippen molar-refractivity contribution < 1.29 is 14.3 Å². The lowest BCUT2D eigenvalue weighted by molar-refractivity contribution is -0.130. The van der Waals surface area contributed by atoms with Crippen LogP contribution in [0.3, 0.4) is 0 Å². The first-order valence-electron chi connectivity index (χ1n) is 12.2. The predicted molar refractivity (Wildman–Crippen MR) is 147 cm³/mol. The summed E-state index contributed by atoms with van der Waals surface area (Å²) in [5.41, 5.74) is 4.66. The van der Waals surface area contributed by atoms with Crippen molar-refractivity contribution in [2.45, 2.75) is 46.4 Å². The van der Waals surface area contributed by atoms with Gasteiger partial charge in [-0.15, -0.1) is 0 Å². The number of nitrogens with zero attached hydrogens (tertiary/aromatic N) is 1. The van der Waals surface area contributed by atoms with Crippen LogP contribution in [0.4, 0.5) is 11.4 Å². The second kappa shape index (κ2) is 9.13. The molecular formula is C29H31N3O3S. The maximum Gasteiger partial charge on any atom is 0.236 e. The van der Waals surface area contributed by atoms with E-state index in [1.165, 1.54) is 0 Å². The first kappa shape index (κ1) is 24.1. The van der Waals surface area contributed by atoms with Crippen LogP contribution in [0.2, 0.25) is 0 Å². The van der Waals surface area contributed by atoms with Crippen molar-refractivity contribution in [3.05, 3.63) is 82.9 Å². The Kier molecular flexibility index (Phi) is 6.12. The van der Waals surface area contributed by atoms with E-state index in [4.69, 9.17) is 21.7 Å². The second-order valence-electron chi connectivity index (χ2n) is 9.65. The molecule has 2 aliphatic rings. The van der Waals surface area contributed by atoms with E-state index in [2.05, 4.69) is 16.7 Å². The van der Waals surface area contributed by atoms with Crippen molar-refractivity contribution in [2.24, 2.45) is 5.92 Å². The fourth-order valence-electron chi connectivity index (χ4n) is 5.29. The van der Waals surface area contributed by atoms with Gasteiger partial charge in [-0.3, -0.25) is 9.69 Å². The standard InChI is InChI=1S/C29H31N3O3S/c1-6-34-23-9-7-8-21-25-24(27(33)30-22-15-12-18(3)16-19(22)4)29(5,35-26(21)23)32(28(36)31-25)20-13-10-17(2)11-14-20/h7-16,24-25H,6H2,1-5H3,(H,30,33)(H,31,36)/t24-,25-,29+/m1/s1. The highest BCUT2D eigenvalue weighted by Crippen LogP contribution is 2.52. The highest BCUT2D eigenvalue weighted by molar-refractivity contribution is 7.80. The highest BCUT2D eigenvalue weighted by atomic mass is 32.1. The Morgan fingerprint density at radius 3 is 2.53 bits per heavy atom. The Balaban J connectivity index is 1.64. The molecule has 0 radical (unpaired) electrons. The number of hydrogen-bond donors (Lipinski definition) is 2. The number of fused-ring (bicyclic) bond motifs is 4. The van der Waals surface area contributed by atoms with Crippen LogP contribution < -0.4 is 25.0 Å². The van der Waals surface area contributed by atoms with E-state index in [0.717, 1.165) is 33.6 Å². The normalized spacial score (nSPS) is 22.2. The minimum absolute atomic E-state index is 0.144. The number of hydrogen-bond acceptors (Lipinski definition) is 4. The van der Waals surface area contributed by atoms with E-state index in [9.17, 15) is 4.79 Å². The number of anilines is 2. The molecular weight excluding hydrogens is 470 g/mol. The smallest absolute Gasteiger partial charge is 0.236 e. The molecule has 5 rings (SSSR count). The second-order valence-corrected chi connectivity index (χ2v) is 10.0. The quantitative estimate of drug-likeness (QED) is 0.430. The van der Waals surface area contributed by atoms with Gasteiger partial charge in [-0.1, -0.05) is 47.5 Å². The van der Waals surface area contributed by atoms with E-state index >= 15 is 0 Å². The van der Waals surface area contributed by atoms with Crippen LogP contribution in [0, 0.1) is 26.7 Å². The number of thiocarbonyl (C=S) groups is 1. The topological polar surface area (TPSA) is 62.8 Å². The van der Waals surface area contributed by atoms with E-state index in [1.807, 2.05) is 94.1 Å². The fourth-order valence-corrected chi connectivity index (χ4v) is 5.70. The van der Waals surface area contributed by atoms with Gasteiger partial charge in [-0.05, 0) is 76.7 Å². The molecule has 186 valence electrons. The minimum Gasteiger partial charge on any atom is -0.490 e. The van der Waals surface area contributed by atoms with Gasteiger partial charge < -0.3 is 20.1 Å². The Morgan fingerprint density at radius 1 is 1.11 bits per heavy atom. The van der Waals surface area contributed by atoms with Crippen LogP contribution in [0.5, 0.6) is 11.5 Å². The number of nitrogens with one attached hydrogen (secondary N) is 2. The number of aryl methyl sites for hydroxylation is 3. The number of amides is 1. The van der Waals surface area contributed by atoms with Crippen LogP contribution in [0.25, 0.3) is 0 Å². The molecule has 2 bridgehead atoms. The summed E-state index contributed by atoms with van der Waals surface area (Å²) in [6, 6.07) is 19.5. The average molecular weight is 502 g/mol. The Bertz CT molecular complexity index is 1340. The van der Waals surface area contributed by atoms with Crippen molar-refractivity contribution >= 4 is 34.6 Å². The molecule has 1 saturated heterocycles. The van der Waals surface area contributed by atoms with Gasteiger partial charge >= 0.3 is 0 Å². The van der Waals surface area contributed by atoms with Crippen molar-refractivity contribution in [1.82, 2.24) is 5.32 Å². The number of benzene rings is 3. The van der Waals surface area contributed by atoms with Crippen LogP contribution in [0.1, 0.15) is 42.1 Å². The summed E-state index contributed by atoms with van der Waals surface area (Å²) in [4.78, 5) is 16.0. The third kappa shape index (κ3) is 3.97. The molecule has 6 nitrogen and oxygen atoms in total. The lowest BCUT2D eigenvalue weighted by atomic mass is 9.78. The monoisotopic (exact) mass is 501 g/mol. The Hall–Kier alpha value is -3.58. The van der Waals surface area contributed by atoms with E-state index < -0.39 is 11.6 Å². The lowest BCUT2D eigenvalue weighted by Crippen LogP contribution is -2.72. The van der Waals surface area contributed by atoms with Crippen LogP contribution in [-0.4, -0.2) is 23.4 Å². The predicted octanol–water partition coefficient (Wildman–Crippen LogP) is 5.81. The van der Waals surface area contributed by atoms with Gasteiger partial charge in [-0.25, -0.2) is 0 Å². The molecule has 3 atom stereocenters. The van der Waals surface area contributed by atoms with Crippen molar-refractivity contribution in [1.29, 1.82) is 0 Å². The summed E-state index contributed by atoms with van der Waals surface area (Å²) < 4.78 is 12.7. The van der Waals surface area contributed by atoms with Crippen LogP contribution in [-0.2, 0) is 4.79 Å². The molecule has 0 aromatic heterocycles. The summed E-state index contributed by atoms with van der Waals surface area (Å²) in [6.07, 6.45) is 0. The summed E-state index contributed by atoms with van der Waals surface area (Å²) in [7, 11) is 0. The summed E-state index contributed by atoms with van der Waals surface area (Å²) in [6.45, 7) is 10.5. The summed E-state index contributed by atoms with van der Waals surface area (Å²) >= 11 is 5.86. The van der Waals surface area contributed by atoms with Crippen molar-refractivity contribution in [3.8, 4) is 11.5 Å². The number of carbonyl (C=O) groups is 1. The molecule has 7 heteroatoms. The van der Waals surface area contributed by atoms with Gasteiger partial charge in [-0.2, -0.15) is 0 Å². The number of rotatable bonds is 5. The maximum absolute atomic E-state index is 14.0. The van der Waals surface area contributed by atoms with Gasteiger partial charge in [0.25, 0.3) is 0 Å². The van der Waals surface area contributed by atoms with Crippen LogP contribution >= 0.6 is 12.2 Å². The van der Waals surface area contributed by atoms with E-state index in [1.54, 1.807) is 0 Å². The molecule has 1 amide bonds. The highest BCUT2D eigenvalue weighted by Gasteiger charge is 2.59. The number of ether oxygens (including phenoxy) is 2. The molecule has 0 saturated carbocycles. The van der Waals surface area contributed by atoms with Gasteiger partial charge in [0.15, 0.2) is 22.3 Å². The molecule has 3 aromatic carbocycles. The molecule has 0 aliphatic carbocycles. The minimum atomic E-state index is -1.11. The molecule has 0 spiro atoms. The lowest BCUT2D eigenvalue weighted by Gasteiger charge is -2.56. The van der Waals surface area contributed by atoms with Crippen molar-refractivity contribution in [3.63, 3.8) is 0 Å². The molecule has 0 unspecified atom stereocenters. The third-order valence-corrected chi connectivity index (χ3v) is 7.30. The number of para-hydroxylation sites is 1. The molecule has 2 N–H and O–H groups in total. The Morgan fingerprint density at radius 2 is 1.83 bits per heavy atom. The SMILES string of the molecule is CCOc1cccc2c1O[C@@]1(C)[C@@H](C(=O)Nc3ccc(C)cc3C)[C@@H]2NC(=S)N1c1ccc(C)cc1. The Labute approximate surface area is 217 Å². The van der Waals surface area contributed by atoms with Crippen LogP contribution in [0.15, 0.2) is 60.7 Å². The third-order valence-electron chi connectivity index (χ3n) is 7.00. The maximum atomic E-state index is 14.0. The van der Waals surface area contributed by atoms with Crippen molar-refractivity contribution in [2.75, 3.05) is 16.8 Å². The summed E-state index contributed by atoms with van der Waals surface area (Å²) in [5.74, 6) is 0.525. The molecule has 1 fully saturated rings. The fraction of sp³-hybridized carbons (Fsp3) is 0.310. The zero-order chi connectivity index (χ0) is 25.6. The van der Waals surface area contributed by atoms with Gasteiger partial charge in [0.05, 0.1) is 12.6 Å². The first-order chi connectivity index (χ1) is 17.2. The van der Waals surface area contributed by atoms with Gasteiger partial charge in [0.2, 0.25) is 5.91 Å². The first-order valence-corrected chi connectivity index (χ1v) is 12.6. The van der Waals surface area contributed by atoms with E-state index in [-0.39, 0.29) is 11.9 Å². The van der Waals surface area contributed by atoms with Gasteiger partial charge in [0.1, 0.15) is 5.92 Å². The molecule has 3 aromatic rings. The van der Waals surface area contributed by atoms with Gasteiger partial charge in [0, 0.05) is 16.9 Å². The number of carbonyl (C=O) groups excluding carboxylic acids is 1. The molecule has 36 heavy (non-hydrogen) atoms.